The number of halogens is 1. The van der Waals surface area contributed by atoms with E-state index in [1.54, 1.807) is 12.1 Å². The van der Waals surface area contributed by atoms with Gasteiger partial charge in [-0.3, -0.25) is 14.4 Å². The number of aryl methyl sites for hydroxylation is 1. The molecule has 3 N–H and O–H groups in total. The molecule has 0 aromatic heterocycles. The van der Waals surface area contributed by atoms with Crippen LogP contribution in [0.15, 0.2) is 18.2 Å². The average molecular weight is 398 g/mol. The first-order valence-corrected chi connectivity index (χ1v) is 9.62. The van der Waals surface area contributed by atoms with Crippen LogP contribution in [0.2, 0.25) is 5.02 Å². The molecule has 3 amide bonds. The Hall–Kier alpha value is -2.12. The normalized spacial score (nSPS) is 11.6. The summed E-state index contributed by atoms with van der Waals surface area (Å²) in [6.07, 6.45) is 0. The van der Waals surface area contributed by atoms with Gasteiger partial charge in [0.15, 0.2) is 13.1 Å². The van der Waals surface area contributed by atoms with Gasteiger partial charge in [-0.2, -0.15) is 0 Å². The molecule has 0 aliphatic rings. The van der Waals surface area contributed by atoms with Crippen molar-refractivity contribution in [2.24, 2.45) is 0 Å². The van der Waals surface area contributed by atoms with Gasteiger partial charge in [-0.05, 0) is 45.4 Å². The quantitative estimate of drug-likeness (QED) is 0.537. The van der Waals surface area contributed by atoms with Crippen LogP contribution in [0.3, 0.4) is 0 Å². The summed E-state index contributed by atoms with van der Waals surface area (Å²) in [5.74, 6) is -0.510. The van der Waals surface area contributed by atoms with Gasteiger partial charge >= 0.3 is 0 Å². The molecular formula is C19H30ClN4O3+. The van der Waals surface area contributed by atoms with Gasteiger partial charge in [0.2, 0.25) is 5.91 Å². The van der Waals surface area contributed by atoms with Crippen LogP contribution in [0.25, 0.3) is 0 Å². The molecule has 1 atom stereocenters. The van der Waals surface area contributed by atoms with Crippen molar-refractivity contribution in [3.8, 4) is 0 Å². The second-order valence-corrected chi connectivity index (χ2v) is 6.76. The van der Waals surface area contributed by atoms with E-state index in [4.69, 9.17) is 11.6 Å². The van der Waals surface area contributed by atoms with Gasteiger partial charge in [-0.25, -0.2) is 0 Å². The first-order valence-electron chi connectivity index (χ1n) is 9.24. The summed E-state index contributed by atoms with van der Waals surface area (Å²) >= 11 is 5.98. The largest absolute Gasteiger partial charge is 0.355 e. The van der Waals surface area contributed by atoms with E-state index in [0.29, 0.717) is 30.3 Å². The summed E-state index contributed by atoms with van der Waals surface area (Å²) in [6.45, 7) is 9.41. The Kier molecular flexibility index (Phi) is 9.82. The fourth-order valence-electron chi connectivity index (χ4n) is 2.59. The van der Waals surface area contributed by atoms with Crippen LogP contribution in [0.4, 0.5) is 5.69 Å². The molecule has 0 heterocycles. The molecule has 0 saturated heterocycles. The number of nitrogens with one attached hydrogen (secondary N) is 3. The lowest BCUT2D eigenvalue weighted by Gasteiger charge is -2.23. The highest BCUT2D eigenvalue weighted by Gasteiger charge is 2.22. The van der Waals surface area contributed by atoms with E-state index < -0.39 is 0 Å². The number of nitrogens with zero attached hydrogens (tertiary/aromatic N) is 1. The minimum absolute atomic E-state index is 0.0358. The minimum atomic E-state index is -0.184. The summed E-state index contributed by atoms with van der Waals surface area (Å²) in [4.78, 5) is 38.9. The monoisotopic (exact) mass is 397 g/mol. The van der Waals surface area contributed by atoms with E-state index in [1.165, 1.54) is 4.90 Å². The summed E-state index contributed by atoms with van der Waals surface area (Å²) in [7, 11) is 0. The zero-order chi connectivity index (χ0) is 20.4. The van der Waals surface area contributed by atoms with E-state index in [1.807, 2.05) is 33.8 Å². The molecule has 8 heteroatoms. The standard InChI is InChI=1S/C19H29ClN4O3/c1-5-21-17(25)12-24(7-3)19(27)13-23(6-2)11-18(26)22-16-10-15(20)9-8-14(16)4/h8-10H,5-7,11-13H2,1-4H3,(H,21,25)(H,22,26)/p+1. The van der Waals surface area contributed by atoms with Crippen molar-refractivity contribution in [1.29, 1.82) is 0 Å². The summed E-state index contributed by atoms with van der Waals surface area (Å²) in [5.41, 5.74) is 1.58. The zero-order valence-electron chi connectivity index (χ0n) is 16.5. The lowest BCUT2D eigenvalue weighted by atomic mass is 10.2. The van der Waals surface area contributed by atoms with Gasteiger partial charge in [0.25, 0.3) is 11.8 Å². The molecule has 1 aromatic rings. The number of hydrogen-bond acceptors (Lipinski definition) is 3. The molecule has 0 spiro atoms. The maximum atomic E-state index is 12.5. The number of amides is 3. The van der Waals surface area contributed by atoms with Crippen LogP contribution in [0, 0.1) is 6.92 Å². The molecule has 1 unspecified atom stereocenters. The molecule has 7 nitrogen and oxygen atoms in total. The van der Waals surface area contributed by atoms with Crippen LogP contribution >= 0.6 is 11.6 Å². The maximum absolute atomic E-state index is 12.5. The van der Waals surface area contributed by atoms with Crippen LogP contribution in [0.5, 0.6) is 0 Å². The Morgan fingerprint density at radius 3 is 2.41 bits per heavy atom. The Bertz CT molecular complexity index is 666. The average Bonchev–Trinajstić information content (AvgIpc) is 2.62. The number of carbonyl (C=O) groups is 3. The highest BCUT2D eigenvalue weighted by atomic mass is 35.5. The fourth-order valence-corrected chi connectivity index (χ4v) is 2.76. The zero-order valence-corrected chi connectivity index (χ0v) is 17.3. The van der Waals surface area contributed by atoms with Crippen molar-refractivity contribution in [3.05, 3.63) is 28.8 Å². The third kappa shape index (κ3) is 7.97. The first kappa shape index (κ1) is 22.9. The molecular weight excluding hydrogens is 368 g/mol. The second kappa shape index (κ2) is 11.6. The SMILES string of the molecule is CCNC(=O)CN(CC)C(=O)C[NH+](CC)CC(=O)Nc1cc(Cl)ccc1C. The van der Waals surface area contributed by atoms with E-state index in [0.717, 1.165) is 10.5 Å². The van der Waals surface area contributed by atoms with Crippen molar-refractivity contribution in [2.45, 2.75) is 27.7 Å². The van der Waals surface area contributed by atoms with Crippen molar-refractivity contribution >= 4 is 35.0 Å². The van der Waals surface area contributed by atoms with Gasteiger partial charge < -0.3 is 20.4 Å². The number of carbonyl (C=O) groups excluding carboxylic acids is 3. The van der Waals surface area contributed by atoms with E-state index >= 15 is 0 Å². The Morgan fingerprint density at radius 2 is 1.81 bits per heavy atom. The third-order valence-corrected chi connectivity index (χ3v) is 4.46. The molecule has 27 heavy (non-hydrogen) atoms. The summed E-state index contributed by atoms with van der Waals surface area (Å²) in [5, 5.41) is 6.09. The number of likely N-dealkylation sites (N-methyl/N-ethyl adjacent to an activating group) is 3. The van der Waals surface area contributed by atoms with Crippen LogP contribution in [0.1, 0.15) is 26.3 Å². The molecule has 1 aromatic carbocycles. The van der Waals surface area contributed by atoms with Crippen LogP contribution < -0.4 is 15.5 Å². The Balaban J connectivity index is 2.63. The van der Waals surface area contributed by atoms with Gasteiger partial charge in [-0.1, -0.05) is 17.7 Å². The lowest BCUT2D eigenvalue weighted by Crippen LogP contribution is -3.14. The van der Waals surface area contributed by atoms with E-state index in [-0.39, 0.29) is 37.4 Å². The third-order valence-electron chi connectivity index (χ3n) is 4.23. The predicted molar refractivity (Wildman–Crippen MR) is 107 cm³/mol. The Labute approximate surface area is 166 Å². The molecule has 0 aliphatic heterocycles. The second-order valence-electron chi connectivity index (χ2n) is 6.33. The summed E-state index contributed by atoms with van der Waals surface area (Å²) in [6, 6.07) is 5.31. The molecule has 150 valence electrons. The van der Waals surface area contributed by atoms with Crippen LogP contribution in [-0.4, -0.2) is 61.9 Å². The molecule has 1 rings (SSSR count). The smallest absolute Gasteiger partial charge is 0.279 e. The van der Waals surface area contributed by atoms with Crippen molar-refractivity contribution in [1.82, 2.24) is 10.2 Å². The number of rotatable bonds is 10. The van der Waals surface area contributed by atoms with Crippen LogP contribution in [-0.2, 0) is 14.4 Å². The molecule has 0 saturated carbocycles. The number of quaternary nitrogens is 1. The minimum Gasteiger partial charge on any atom is -0.355 e. The van der Waals surface area contributed by atoms with Crippen molar-refractivity contribution in [2.75, 3.05) is 44.6 Å². The van der Waals surface area contributed by atoms with E-state index in [9.17, 15) is 14.4 Å². The highest BCUT2D eigenvalue weighted by Crippen LogP contribution is 2.19. The lowest BCUT2D eigenvalue weighted by molar-refractivity contribution is -0.882. The molecule has 0 bridgehead atoms. The van der Waals surface area contributed by atoms with Gasteiger partial charge in [-0.15, -0.1) is 0 Å². The van der Waals surface area contributed by atoms with Crippen molar-refractivity contribution in [3.63, 3.8) is 0 Å². The first-order chi connectivity index (χ1) is 12.8. The predicted octanol–water partition coefficient (Wildman–Crippen LogP) is 0.476. The Morgan fingerprint density at radius 1 is 1.11 bits per heavy atom. The maximum Gasteiger partial charge on any atom is 0.279 e. The van der Waals surface area contributed by atoms with E-state index in [2.05, 4.69) is 10.6 Å². The van der Waals surface area contributed by atoms with Gasteiger partial charge in [0, 0.05) is 23.8 Å². The summed E-state index contributed by atoms with van der Waals surface area (Å²) < 4.78 is 0. The number of hydrogen-bond donors (Lipinski definition) is 3. The molecule has 0 radical (unpaired) electrons. The highest BCUT2D eigenvalue weighted by molar-refractivity contribution is 6.31. The molecule has 0 fully saturated rings. The fraction of sp³-hybridized carbons (Fsp3) is 0.526. The topological polar surface area (TPSA) is 83.0 Å². The number of benzene rings is 1. The number of anilines is 1. The van der Waals surface area contributed by atoms with Crippen molar-refractivity contribution < 1.29 is 19.3 Å². The molecule has 0 aliphatic carbocycles. The van der Waals surface area contributed by atoms with Gasteiger partial charge in [0.05, 0.1) is 13.1 Å². The van der Waals surface area contributed by atoms with Gasteiger partial charge in [0.1, 0.15) is 0 Å².